The number of imidazole rings is 1. The SMILES string of the molecule is CCNC(=O)Cc1cn2ccsc2n1. The molecule has 2 heterocycles. The van der Waals surface area contributed by atoms with Gasteiger partial charge in [-0.2, -0.15) is 0 Å². The van der Waals surface area contributed by atoms with E-state index in [4.69, 9.17) is 0 Å². The van der Waals surface area contributed by atoms with Crippen LogP contribution >= 0.6 is 11.3 Å². The minimum Gasteiger partial charge on any atom is -0.356 e. The van der Waals surface area contributed by atoms with Crippen LogP contribution in [0.25, 0.3) is 4.96 Å². The standard InChI is InChI=1S/C9H11N3OS/c1-2-10-8(13)5-7-6-12-3-4-14-9(12)11-7/h3-4,6H,2,5H2,1H3,(H,10,13). The summed E-state index contributed by atoms with van der Waals surface area (Å²) in [5, 5.41) is 4.72. The summed E-state index contributed by atoms with van der Waals surface area (Å²) in [6.07, 6.45) is 4.19. The Hall–Kier alpha value is -1.36. The average Bonchev–Trinajstić information content (AvgIpc) is 2.63. The van der Waals surface area contributed by atoms with E-state index in [2.05, 4.69) is 10.3 Å². The second kappa shape index (κ2) is 3.79. The monoisotopic (exact) mass is 209 g/mol. The Kier molecular flexibility index (Phi) is 2.49. The number of amides is 1. The largest absolute Gasteiger partial charge is 0.356 e. The predicted molar refractivity (Wildman–Crippen MR) is 55.5 cm³/mol. The zero-order valence-electron chi connectivity index (χ0n) is 7.86. The van der Waals surface area contributed by atoms with Crippen molar-refractivity contribution in [3.05, 3.63) is 23.5 Å². The zero-order chi connectivity index (χ0) is 9.97. The summed E-state index contributed by atoms with van der Waals surface area (Å²) >= 11 is 1.57. The average molecular weight is 209 g/mol. The highest BCUT2D eigenvalue weighted by Gasteiger charge is 2.06. The van der Waals surface area contributed by atoms with Crippen molar-refractivity contribution in [2.24, 2.45) is 0 Å². The maximum absolute atomic E-state index is 11.3. The Balaban J connectivity index is 2.11. The van der Waals surface area contributed by atoms with E-state index >= 15 is 0 Å². The molecule has 14 heavy (non-hydrogen) atoms. The highest BCUT2D eigenvalue weighted by Crippen LogP contribution is 2.11. The molecule has 5 heteroatoms. The fourth-order valence-corrected chi connectivity index (χ4v) is 2.00. The molecule has 4 nitrogen and oxygen atoms in total. The Morgan fingerprint density at radius 2 is 2.57 bits per heavy atom. The topological polar surface area (TPSA) is 46.4 Å². The van der Waals surface area contributed by atoms with Gasteiger partial charge in [0.05, 0.1) is 12.1 Å². The summed E-state index contributed by atoms with van der Waals surface area (Å²) in [5.74, 6) is 0.0262. The molecule has 0 saturated carbocycles. The van der Waals surface area contributed by atoms with Crippen LogP contribution in [0.4, 0.5) is 0 Å². The van der Waals surface area contributed by atoms with Gasteiger partial charge in [-0.05, 0) is 6.92 Å². The first-order chi connectivity index (χ1) is 6.79. The van der Waals surface area contributed by atoms with Crippen LogP contribution in [0, 0.1) is 0 Å². The summed E-state index contributed by atoms with van der Waals surface area (Å²) in [6.45, 7) is 2.57. The van der Waals surface area contributed by atoms with E-state index in [1.54, 1.807) is 11.3 Å². The van der Waals surface area contributed by atoms with Gasteiger partial charge in [-0.25, -0.2) is 4.98 Å². The van der Waals surface area contributed by atoms with Gasteiger partial charge >= 0.3 is 0 Å². The lowest BCUT2D eigenvalue weighted by Crippen LogP contribution is -2.24. The number of likely N-dealkylation sites (N-methyl/N-ethyl adjacent to an activating group) is 1. The van der Waals surface area contributed by atoms with Gasteiger partial charge in [0.15, 0.2) is 4.96 Å². The quantitative estimate of drug-likeness (QED) is 0.822. The number of nitrogens with one attached hydrogen (secondary N) is 1. The van der Waals surface area contributed by atoms with E-state index < -0.39 is 0 Å². The summed E-state index contributed by atoms with van der Waals surface area (Å²) in [6, 6.07) is 0. The number of nitrogens with zero attached hydrogens (tertiary/aromatic N) is 2. The third kappa shape index (κ3) is 1.77. The summed E-state index contributed by atoms with van der Waals surface area (Å²) in [4.78, 5) is 16.5. The van der Waals surface area contributed by atoms with Crippen molar-refractivity contribution >= 4 is 22.2 Å². The molecule has 1 amide bonds. The van der Waals surface area contributed by atoms with E-state index in [0.29, 0.717) is 13.0 Å². The molecule has 0 atom stereocenters. The molecule has 74 valence electrons. The summed E-state index contributed by atoms with van der Waals surface area (Å²) in [5.41, 5.74) is 0.822. The molecule has 0 fully saturated rings. The van der Waals surface area contributed by atoms with Crippen molar-refractivity contribution in [2.75, 3.05) is 6.54 Å². The van der Waals surface area contributed by atoms with Gasteiger partial charge in [-0.15, -0.1) is 11.3 Å². The number of thiazole rings is 1. The van der Waals surface area contributed by atoms with Crippen molar-refractivity contribution in [1.29, 1.82) is 0 Å². The lowest BCUT2D eigenvalue weighted by atomic mass is 10.3. The van der Waals surface area contributed by atoms with E-state index in [1.165, 1.54) is 0 Å². The normalized spacial score (nSPS) is 10.6. The molecule has 0 radical (unpaired) electrons. The minimum atomic E-state index is 0.0262. The maximum Gasteiger partial charge on any atom is 0.226 e. The molecular weight excluding hydrogens is 198 g/mol. The predicted octanol–water partition coefficient (Wildman–Crippen LogP) is 1.07. The molecule has 0 spiro atoms. The Morgan fingerprint density at radius 3 is 3.29 bits per heavy atom. The highest BCUT2D eigenvalue weighted by molar-refractivity contribution is 7.15. The number of carbonyl (C=O) groups is 1. The van der Waals surface area contributed by atoms with Crippen LogP contribution in [0.3, 0.4) is 0 Å². The molecule has 0 aliphatic carbocycles. The van der Waals surface area contributed by atoms with E-state index in [-0.39, 0.29) is 5.91 Å². The third-order valence-electron chi connectivity index (χ3n) is 1.86. The lowest BCUT2D eigenvalue weighted by molar-refractivity contribution is -0.120. The van der Waals surface area contributed by atoms with Crippen LogP contribution in [0.2, 0.25) is 0 Å². The second-order valence-corrected chi connectivity index (χ2v) is 3.83. The molecule has 0 bridgehead atoms. The lowest BCUT2D eigenvalue weighted by Gasteiger charge is -1.97. The minimum absolute atomic E-state index is 0.0262. The van der Waals surface area contributed by atoms with Crippen LogP contribution in [0.1, 0.15) is 12.6 Å². The molecule has 0 aromatic carbocycles. The molecular formula is C9H11N3OS. The number of rotatable bonds is 3. The fourth-order valence-electron chi connectivity index (χ4n) is 1.29. The fraction of sp³-hybridized carbons (Fsp3) is 0.333. The maximum atomic E-state index is 11.3. The molecule has 0 aliphatic heterocycles. The van der Waals surface area contributed by atoms with Gasteiger partial charge in [0.25, 0.3) is 0 Å². The first kappa shape index (κ1) is 9.21. The number of hydrogen-bond donors (Lipinski definition) is 1. The number of fused-ring (bicyclic) bond motifs is 1. The van der Waals surface area contributed by atoms with Crippen molar-refractivity contribution in [3.8, 4) is 0 Å². The van der Waals surface area contributed by atoms with Gasteiger partial charge in [0.2, 0.25) is 5.91 Å². The molecule has 2 aromatic rings. The summed E-state index contributed by atoms with van der Waals surface area (Å²) < 4.78 is 1.93. The van der Waals surface area contributed by atoms with Crippen molar-refractivity contribution < 1.29 is 4.79 Å². The highest BCUT2D eigenvalue weighted by atomic mass is 32.1. The van der Waals surface area contributed by atoms with Crippen LogP contribution in [0.5, 0.6) is 0 Å². The van der Waals surface area contributed by atoms with Gasteiger partial charge in [-0.1, -0.05) is 0 Å². The second-order valence-electron chi connectivity index (χ2n) is 2.96. The smallest absolute Gasteiger partial charge is 0.226 e. The number of carbonyl (C=O) groups excluding carboxylic acids is 1. The van der Waals surface area contributed by atoms with E-state index in [1.807, 2.05) is 29.1 Å². The van der Waals surface area contributed by atoms with E-state index in [0.717, 1.165) is 10.7 Å². The number of hydrogen-bond acceptors (Lipinski definition) is 3. The molecule has 0 aliphatic rings. The van der Waals surface area contributed by atoms with Gasteiger partial charge < -0.3 is 5.32 Å². The van der Waals surface area contributed by atoms with Crippen molar-refractivity contribution in [2.45, 2.75) is 13.3 Å². The zero-order valence-corrected chi connectivity index (χ0v) is 8.67. The van der Waals surface area contributed by atoms with Crippen LogP contribution in [0.15, 0.2) is 17.8 Å². The number of aromatic nitrogens is 2. The Bertz CT molecular complexity index is 417. The van der Waals surface area contributed by atoms with E-state index in [9.17, 15) is 4.79 Å². The van der Waals surface area contributed by atoms with Gasteiger partial charge in [0.1, 0.15) is 0 Å². The molecule has 2 rings (SSSR count). The first-order valence-electron chi connectivity index (χ1n) is 4.47. The van der Waals surface area contributed by atoms with Gasteiger partial charge in [0, 0.05) is 24.3 Å². The molecule has 0 saturated heterocycles. The molecule has 0 unspecified atom stereocenters. The summed E-state index contributed by atoms with van der Waals surface area (Å²) in [7, 11) is 0. The van der Waals surface area contributed by atoms with Crippen molar-refractivity contribution in [1.82, 2.24) is 14.7 Å². The Labute approximate surface area is 85.6 Å². The molecule has 2 aromatic heterocycles. The first-order valence-corrected chi connectivity index (χ1v) is 5.35. The third-order valence-corrected chi connectivity index (χ3v) is 2.63. The van der Waals surface area contributed by atoms with Gasteiger partial charge in [-0.3, -0.25) is 9.20 Å². The Morgan fingerprint density at radius 1 is 1.71 bits per heavy atom. The van der Waals surface area contributed by atoms with Crippen LogP contribution in [-0.4, -0.2) is 21.8 Å². The molecule has 1 N–H and O–H groups in total. The van der Waals surface area contributed by atoms with Crippen LogP contribution in [-0.2, 0) is 11.2 Å². The van der Waals surface area contributed by atoms with Crippen molar-refractivity contribution in [3.63, 3.8) is 0 Å². The van der Waals surface area contributed by atoms with Crippen LogP contribution < -0.4 is 5.32 Å².